The lowest BCUT2D eigenvalue weighted by Crippen LogP contribution is -2.35. The van der Waals surface area contributed by atoms with Crippen LogP contribution in [-0.4, -0.2) is 11.4 Å². The van der Waals surface area contributed by atoms with Crippen LogP contribution in [0, 0.1) is 5.41 Å². The van der Waals surface area contributed by atoms with Crippen LogP contribution >= 0.6 is 0 Å². The SMILES string of the molecule is N=C(N)NN.O. The Morgan fingerprint density at radius 2 is 1.83 bits per heavy atom. The van der Waals surface area contributed by atoms with E-state index in [-0.39, 0.29) is 11.4 Å². The lowest BCUT2D eigenvalue weighted by molar-refractivity contribution is 0.824. The van der Waals surface area contributed by atoms with Gasteiger partial charge in [-0.15, -0.1) is 0 Å². The van der Waals surface area contributed by atoms with Gasteiger partial charge in [0.1, 0.15) is 0 Å². The molecule has 0 atom stereocenters. The largest absolute Gasteiger partial charge is 0.412 e. The molecule has 0 aliphatic heterocycles. The third-order valence-corrected chi connectivity index (χ3v) is 0.156. The van der Waals surface area contributed by atoms with Crippen LogP contribution in [0.2, 0.25) is 0 Å². The fraction of sp³-hybridized carbons (Fsp3) is 0. The maximum Gasteiger partial charge on any atom is 0.200 e. The van der Waals surface area contributed by atoms with E-state index in [1.807, 2.05) is 5.43 Å². The molecule has 0 amide bonds. The molecule has 0 spiro atoms. The average Bonchev–Trinajstić information content (AvgIpc) is 1.38. The molecule has 0 aliphatic carbocycles. The normalized spacial score (nSPS) is 5.50. The first-order valence-electron chi connectivity index (χ1n) is 1.08. The molecule has 5 heteroatoms. The molecule has 0 saturated carbocycles. The highest BCUT2D eigenvalue weighted by Crippen LogP contribution is 1.25. The Kier molecular flexibility index (Phi) is 6.25. The topological polar surface area (TPSA) is 119 Å². The van der Waals surface area contributed by atoms with Crippen molar-refractivity contribution in [2.45, 2.75) is 0 Å². The van der Waals surface area contributed by atoms with Crippen molar-refractivity contribution in [1.29, 1.82) is 5.41 Å². The van der Waals surface area contributed by atoms with Crippen LogP contribution in [-0.2, 0) is 0 Å². The number of nitrogens with two attached hydrogens (primary N) is 2. The zero-order valence-corrected chi connectivity index (χ0v) is 3.15. The second-order valence-electron chi connectivity index (χ2n) is 0.558. The van der Waals surface area contributed by atoms with Crippen molar-refractivity contribution in [3.63, 3.8) is 0 Å². The summed E-state index contributed by atoms with van der Waals surface area (Å²) in [5.41, 5.74) is 6.53. The van der Waals surface area contributed by atoms with E-state index in [1.165, 1.54) is 0 Å². The molecule has 0 fully saturated rings. The van der Waals surface area contributed by atoms with Gasteiger partial charge >= 0.3 is 0 Å². The van der Waals surface area contributed by atoms with Gasteiger partial charge in [0.05, 0.1) is 0 Å². The summed E-state index contributed by atoms with van der Waals surface area (Å²) in [4.78, 5) is 0. The highest BCUT2D eigenvalue weighted by atomic mass is 16.0. The minimum atomic E-state index is -0.218. The Bertz CT molecular complexity index is 42.8. The quantitative estimate of drug-likeness (QED) is 0.114. The summed E-state index contributed by atoms with van der Waals surface area (Å²) in [6.45, 7) is 0. The standard InChI is InChI=1S/CH6N4.H2O/c2-1(3)5-4;/h4H2,(H4,2,3,5);1H2. The van der Waals surface area contributed by atoms with E-state index >= 15 is 0 Å². The van der Waals surface area contributed by atoms with Crippen LogP contribution in [0.4, 0.5) is 0 Å². The minimum Gasteiger partial charge on any atom is -0.412 e. The van der Waals surface area contributed by atoms with Crippen LogP contribution in [0.15, 0.2) is 0 Å². The molecule has 0 aliphatic rings. The zero-order chi connectivity index (χ0) is 4.28. The highest BCUT2D eigenvalue weighted by molar-refractivity contribution is 5.73. The van der Waals surface area contributed by atoms with Crippen molar-refractivity contribution in [2.24, 2.45) is 11.6 Å². The van der Waals surface area contributed by atoms with E-state index in [2.05, 4.69) is 11.6 Å². The van der Waals surface area contributed by atoms with Gasteiger partial charge in [-0.25, -0.2) is 5.84 Å². The van der Waals surface area contributed by atoms with Gasteiger partial charge in [0, 0.05) is 0 Å². The van der Waals surface area contributed by atoms with Gasteiger partial charge in [-0.2, -0.15) is 0 Å². The number of nitrogens with one attached hydrogen (secondary N) is 2. The number of hydrogen-bond acceptors (Lipinski definition) is 2. The van der Waals surface area contributed by atoms with Crippen LogP contribution in [0.3, 0.4) is 0 Å². The number of guanidine groups is 1. The summed E-state index contributed by atoms with van der Waals surface area (Å²) < 4.78 is 0. The summed E-state index contributed by atoms with van der Waals surface area (Å²) in [5.74, 6) is 4.35. The Morgan fingerprint density at radius 3 is 1.83 bits per heavy atom. The molecule has 38 valence electrons. The summed E-state index contributed by atoms with van der Waals surface area (Å²) in [7, 11) is 0. The van der Waals surface area contributed by atoms with Gasteiger partial charge < -0.3 is 11.2 Å². The molecule has 0 aromatic rings. The molecular weight excluding hydrogens is 84.0 g/mol. The molecule has 5 nitrogen and oxygen atoms in total. The van der Waals surface area contributed by atoms with Crippen molar-refractivity contribution in [1.82, 2.24) is 5.43 Å². The van der Waals surface area contributed by atoms with E-state index in [1.54, 1.807) is 0 Å². The Morgan fingerprint density at radius 1 is 1.67 bits per heavy atom. The monoisotopic (exact) mass is 92.1 g/mol. The molecule has 8 N–H and O–H groups in total. The molecule has 0 unspecified atom stereocenters. The van der Waals surface area contributed by atoms with Gasteiger partial charge in [-0.05, 0) is 0 Å². The zero-order valence-electron chi connectivity index (χ0n) is 3.15. The molecule has 0 aromatic carbocycles. The van der Waals surface area contributed by atoms with Gasteiger partial charge in [0.25, 0.3) is 0 Å². The second kappa shape index (κ2) is 4.19. The Balaban J connectivity index is 0. The van der Waals surface area contributed by atoms with Crippen molar-refractivity contribution in [2.75, 3.05) is 0 Å². The Labute approximate surface area is 35.1 Å². The fourth-order valence-electron chi connectivity index (χ4n) is 0. The summed E-state index contributed by atoms with van der Waals surface area (Å²) >= 11 is 0. The highest BCUT2D eigenvalue weighted by Gasteiger charge is 1.66. The van der Waals surface area contributed by atoms with Gasteiger partial charge in [-0.3, -0.25) is 10.8 Å². The Hall–Kier alpha value is -0.810. The third-order valence-electron chi connectivity index (χ3n) is 0.156. The number of hydrogen-bond donors (Lipinski definition) is 4. The first kappa shape index (κ1) is 8.95. The molecule has 0 radical (unpaired) electrons. The van der Waals surface area contributed by atoms with E-state index in [4.69, 9.17) is 5.41 Å². The van der Waals surface area contributed by atoms with Crippen LogP contribution in [0.25, 0.3) is 0 Å². The summed E-state index contributed by atoms with van der Waals surface area (Å²) in [6.07, 6.45) is 0. The lowest BCUT2D eigenvalue weighted by Gasteiger charge is -1.85. The first-order chi connectivity index (χ1) is 2.27. The fourth-order valence-corrected chi connectivity index (χ4v) is 0. The maximum absolute atomic E-state index is 6.28. The van der Waals surface area contributed by atoms with Gasteiger partial charge in [-0.1, -0.05) is 0 Å². The van der Waals surface area contributed by atoms with E-state index in [0.29, 0.717) is 0 Å². The number of hydrazine groups is 1. The molecule has 0 bridgehead atoms. The first-order valence-corrected chi connectivity index (χ1v) is 1.08. The molecule has 0 rings (SSSR count). The molecule has 0 saturated heterocycles. The minimum absolute atomic E-state index is 0. The molecular formula is CH8N4O. The van der Waals surface area contributed by atoms with Crippen LogP contribution in [0.5, 0.6) is 0 Å². The predicted octanol–water partition coefficient (Wildman–Crippen LogP) is -2.48. The molecule has 0 aromatic heterocycles. The van der Waals surface area contributed by atoms with Crippen molar-refractivity contribution in [3.8, 4) is 0 Å². The van der Waals surface area contributed by atoms with Crippen LogP contribution in [0.1, 0.15) is 0 Å². The van der Waals surface area contributed by atoms with Gasteiger partial charge in [0.2, 0.25) is 0 Å². The third kappa shape index (κ3) is 10.8. The lowest BCUT2D eigenvalue weighted by atomic mass is 11.1. The van der Waals surface area contributed by atoms with Crippen LogP contribution < -0.4 is 17.0 Å². The van der Waals surface area contributed by atoms with E-state index in [0.717, 1.165) is 0 Å². The second-order valence-corrected chi connectivity index (χ2v) is 0.558. The van der Waals surface area contributed by atoms with E-state index in [9.17, 15) is 0 Å². The average molecular weight is 92.1 g/mol. The molecule has 6 heavy (non-hydrogen) atoms. The molecule has 0 heterocycles. The van der Waals surface area contributed by atoms with Crippen molar-refractivity contribution >= 4 is 5.96 Å². The smallest absolute Gasteiger partial charge is 0.200 e. The summed E-state index contributed by atoms with van der Waals surface area (Å²) in [6, 6.07) is 0. The van der Waals surface area contributed by atoms with Crippen molar-refractivity contribution < 1.29 is 5.48 Å². The summed E-state index contributed by atoms with van der Waals surface area (Å²) in [5, 5.41) is 6.28. The van der Waals surface area contributed by atoms with E-state index < -0.39 is 0 Å². The van der Waals surface area contributed by atoms with Gasteiger partial charge in [0.15, 0.2) is 5.96 Å². The maximum atomic E-state index is 6.28. The number of rotatable bonds is 0. The van der Waals surface area contributed by atoms with Crippen molar-refractivity contribution in [3.05, 3.63) is 0 Å². The predicted molar refractivity (Wildman–Crippen MR) is 22.9 cm³/mol.